The number of rotatable bonds is 32. The number of aromatic hydroxyl groups is 3. The maximum absolute atomic E-state index is 12.7. The highest BCUT2D eigenvalue weighted by Gasteiger charge is 2.30. The van der Waals surface area contributed by atoms with Crippen molar-refractivity contribution in [1.29, 1.82) is 0 Å². The summed E-state index contributed by atoms with van der Waals surface area (Å²) in [5.41, 5.74) is 8.05. The number of Topliss-reactive ketones (excluding diaryl/α,β-unsaturated/α-hetero) is 1. The van der Waals surface area contributed by atoms with Crippen LogP contribution < -0.4 is 5.32 Å². The number of aromatic nitrogens is 3. The molecule has 1 aromatic heterocycles. The van der Waals surface area contributed by atoms with Gasteiger partial charge in [0.2, 0.25) is 5.91 Å². The summed E-state index contributed by atoms with van der Waals surface area (Å²) < 4.78 is 0. The lowest BCUT2D eigenvalue weighted by atomic mass is 9.78. The van der Waals surface area contributed by atoms with Crippen molar-refractivity contribution in [2.75, 3.05) is 18.1 Å². The molecule has 0 spiro atoms. The molecule has 0 atom stereocenters. The van der Waals surface area contributed by atoms with Gasteiger partial charge in [0, 0.05) is 43.7 Å². The summed E-state index contributed by atoms with van der Waals surface area (Å²) in [5, 5.41) is 37.8. The number of hydrogen-bond acceptors (Lipinski definition) is 10. The molecule has 0 saturated carbocycles. The van der Waals surface area contributed by atoms with Crippen molar-refractivity contribution in [3.63, 3.8) is 0 Å². The van der Waals surface area contributed by atoms with Crippen LogP contribution in [0.4, 0.5) is 0 Å². The average Bonchev–Trinajstić information content (AvgIpc) is 1.00. The van der Waals surface area contributed by atoms with Gasteiger partial charge >= 0.3 is 0 Å². The molecule has 1 amide bonds. The number of amides is 1. The zero-order valence-electron chi connectivity index (χ0n) is 58.2. The third kappa shape index (κ3) is 27.3. The lowest BCUT2D eigenvalue weighted by Crippen LogP contribution is -2.24. The Morgan fingerprint density at radius 3 is 1.07 bits per heavy atom. The van der Waals surface area contributed by atoms with E-state index in [1.165, 1.54) is 77.0 Å². The fourth-order valence-electron chi connectivity index (χ4n) is 10.7. The molecule has 4 rings (SSSR count). The van der Waals surface area contributed by atoms with E-state index in [4.69, 9.17) is 15.0 Å². The van der Waals surface area contributed by atoms with E-state index >= 15 is 0 Å². The minimum Gasteiger partial charge on any atom is -0.507 e. The monoisotopic (exact) mass is 1220 g/mol. The number of hydrogen-bond donors (Lipinski definition) is 4. The highest BCUT2D eigenvalue weighted by atomic mass is 32.2. The van der Waals surface area contributed by atoms with E-state index in [1.54, 1.807) is 23.5 Å². The van der Waals surface area contributed by atoms with Gasteiger partial charge in [0.15, 0.2) is 10.3 Å². The van der Waals surface area contributed by atoms with Crippen LogP contribution in [-0.2, 0) is 61.3 Å². The number of phenolic OH excluding ortho intramolecular Hbond substituents is 3. The first-order valence-corrected chi connectivity index (χ1v) is 35.3. The van der Waals surface area contributed by atoms with Gasteiger partial charge in [0.25, 0.3) is 0 Å². The van der Waals surface area contributed by atoms with E-state index in [9.17, 15) is 24.9 Å². The van der Waals surface area contributed by atoms with Crippen LogP contribution in [-0.4, -0.2) is 60.0 Å². The quantitative estimate of drug-likeness (QED) is 0.0275. The molecule has 0 aliphatic heterocycles. The van der Waals surface area contributed by atoms with E-state index in [2.05, 4.69) is 180 Å². The third-order valence-electron chi connectivity index (χ3n) is 16.1. The van der Waals surface area contributed by atoms with Gasteiger partial charge in [0.1, 0.15) is 28.9 Å². The lowest BCUT2D eigenvalue weighted by molar-refractivity contribution is -0.121. The number of ketones is 1. The molecule has 0 radical (unpaired) electrons. The second-order valence-electron chi connectivity index (χ2n) is 30.8. The minimum atomic E-state index is -0.184. The van der Waals surface area contributed by atoms with Gasteiger partial charge in [-0.1, -0.05) is 282 Å². The Kier molecular flexibility index (Phi) is 31.3. The smallest absolute Gasteiger partial charge is 0.220 e. The number of unbranched alkanes of at least 4 members (excludes halogenated alkanes) is 14. The first kappa shape index (κ1) is 76.2. The summed E-state index contributed by atoms with van der Waals surface area (Å²) in [4.78, 5) is 39.9. The van der Waals surface area contributed by atoms with Gasteiger partial charge in [0.05, 0.1) is 0 Å². The number of nitrogens with zero attached hydrogens (tertiary/aromatic N) is 3. The molecule has 0 fully saturated rings. The second-order valence-corrected chi connectivity index (χ2v) is 32.9. The van der Waals surface area contributed by atoms with Crippen molar-refractivity contribution >= 4 is 35.2 Å². The van der Waals surface area contributed by atoms with E-state index in [0.717, 1.165) is 110 Å². The van der Waals surface area contributed by atoms with Crippen LogP contribution >= 0.6 is 23.5 Å². The van der Waals surface area contributed by atoms with Gasteiger partial charge in [-0.25, -0.2) is 9.97 Å². The summed E-state index contributed by atoms with van der Waals surface area (Å²) in [5.74, 6) is 4.47. The number of phenols is 3. The topological polar surface area (TPSA) is 146 Å². The molecule has 0 bridgehead atoms. The van der Waals surface area contributed by atoms with Crippen molar-refractivity contribution in [2.24, 2.45) is 0 Å². The highest BCUT2D eigenvalue weighted by molar-refractivity contribution is 7.99. The van der Waals surface area contributed by atoms with Gasteiger partial charge in [-0.05, 0) is 121 Å². The standard InChI is InChI=1S/C41H65NO4.C34H57N3OS2/c1-38(2,3)31-24-28(25-32(36(31)45)39(4,5)6)19-21-30(43)18-16-14-13-15-17-23-42-35(44)22-20-29-26-33(40(7,8)9)37(46)34(27-29)41(10,11)12;1-9-11-13-15-17-19-21-39-31-35-29(36-32(37-31)40-22-20-18-16-14-12-10-2)25-26-23-27(33(3,4)5)30(38)28(24-26)34(6,7)8/h24-27,45-46H,13-23H2,1-12H3,(H,42,44);23-24,38H,9-22,25H2,1-8H3. The first-order valence-electron chi connectivity index (χ1n) is 33.4. The average molecular weight is 1220 g/mol. The van der Waals surface area contributed by atoms with E-state index in [-0.39, 0.29) is 38.4 Å². The summed E-state index contributed by atoms with van der Waals surface area (Å²) in [7, 11) is 0. The van der Waals surface area contributed by atoms with Gasteiger partial charge in [-0.3, -0.25) is 9.59 Å². The molecule has 4 N–H and O–H groups in total. The molecular formula is C75H122N4O5S2. The molecule has 0 aliphatic rings. The fourth-order valence-corrected chi connectivity index (χ4v) is 12.5. The predicted molar refractivity (Wildman–Crippen MR) is 370 cm³/mol. The summed E-state index contributed by atoms with van der Waals surface area (Å²) in [6, 6.07) is 12.6. The van der Waals surface area contributed by atoms with Crippen LogP contribution in [0.3, 0.4) is 0 Å². The molecule has 86 heavy (non-hydrogen) atoms. The summed E-state index contributed by atoms with van der Waals surface area (Å²) in [6.45, 7) is 43.5. The fraction of sp³-hybridized carbons (Fsp3) is 0.693. The highest BCUT2D eigenvalue weighted by Crippen LogP contribution is 2.43. The van der Waals surface area contributed by atoms with Crippen LogP contribution in [0.2, 0.25) is 0 Å². The van der Waals surface area contributed by atoms with Gasteiger partial charge in [-0.2, -0.15) is 4.98 Å². The van der Waals surface area contributed by atoms with Crippen LogP contribution in [0.5, 0.6) is 17.2 Å². The number of thioether (sulfide) groups is 2. The molecule has 484 valence electrons. The number of benzene rings is 3. The molecule has 1 heterocycles. The second kappa shape index (κ2) is 35.3. The molecule has 0 saturated heterocycles. The Morgan fingerprint density at radius 1 is 0.395 bits per heavy atom. The molecule has 4 aromatic rings. The van der Waals surface area contributed by atoms with Crippen LogP contribution in [0.1, 0.15) is 323 Å². The third-order valence-corrected chi connectivity index (χ3v) is 18.0. The minimum absolute atomic E-state index is 0.0613. The molecule has 9 nitrogen and oxygen atoms in total. The van der Waals surface area contributed by atoms with E-state index in [0.29, 0.717) is 68.1 Å². The predicted octanol–water partition coefficient (Wildman–Crippen LogP) is 20.5. The maximum Gasteiger partial charge on any atom is 0.220 e. The molecule has 11 heteroatoms. The molecule has 0 aliphatic carbocycles. The number of carbonyl (C=O) groups excluding carboxylic acids is 2. The van der Waals surface area contributed by atoms with Crippen molar-refractivity contribution in [1.82, 2.24) is 20.3 Å². The Bertz CT molecular complexity index is 2460. The Balaban J connectivity index is 0.000000455. The van der Waals surface area contributed by atoms with Crippen molar-refractivity contribution < 1.29 is 24.9 Å². The summed E-state index contributed by atoms with van der Waals surface area (Å²) >= 11 is 3.56. The zero-order chi connectivity index (χ0) is 64.7. The van der Waals surface area contributed by atoms with Gasteiger partial charge < -0.3 is 20.6 Å². The first-order chi connectivity index (χ1) is 40.0. The Hall–Kier alpha value is -4.09. The molecule has 3 aromatic carbocycles. The number of nitrogens with one attached hydrogen (secondary N) is 1. The number of carbonyl (C=O) groups is 2. The summed E-state index contributed by atoms with van der Waals surface area (Å²) in [6.07, 6.45) is 24.1. The van der Waals surface area contributed by atoms with Crippen LogP contribution in [0.15, 0.2) is 46.7 Å². The van der Waals surface area contributed by atoms with Crippen molar-refractivity contribution in [3.8, 4) is 17.2 Å². The maximum atomic E-state index is 12.7. The number of aryl methyl sites for hydroxylation is 2. The normalized spacial score (nSPS) is 12.6. The zero-order valence-corrected chi connectivity index (χ0v) is 59.8. The Labute approximate surface area is 533 Å². The van der Waals surface area contributed by atoms with Crippen molar-refractivity contribution in [2.45, 2.75) is 329 Å². The van der Waals surface area contributed by atoms with Crippen LogP contribution in [0.25, 0.3) is 0 Å². The molecular weight excluding hydrogens is 1100 g/mol. The SMILES string of the molecule is CC(C)(C)c1cc(CCC(=O)CCCCCCCNC(=O)CCc2cc(C(C)(C)C)c(O)c(C(C)(C)C)c2)cc(C(C)(C)C)c1O.CCCCCCCCSc1nc(Cc2cc(C(C)(C)C)c(O)c(C(C)(C)C)c2)nc(SCCCCCCCC)n1. The van der Waals surface area contributed by atoms with Gasteiger partial charge in [-0.15, -0.1) is 0 Å². The van der Waals surface area contributed by atoms with Crippen molar-refractivity contribution in [3.05, 3.63) is 92.3 Å². The van der Waals surface area contributed by atoms with Crippen LogP contribution in [0, 0.1) is 0 Å². The molecule has 0 unspecified atom stereocenters. The largest absolute Gasteiger partial charge is 0.507 e. The Morgan fingerprint density at radius 2 is 0.709 bits per heavy atom. The van der Waals surface area contributed by atoms with E-state index in [1.807, 2.05) is 0 Å². The van der Waals surface area contributed by atoms with E-state index < -0.39 is 0 Å². The lowest BCUT2D eigenvalue weighted by Gasteiger charge is -2.28.